The summed E-state index contributed by atoms with van der Waals surface area (Å²) in [6, 6.07) is 49.8. The quantitative estimate of drug-likeness (QED) is 0.144. The Hall–Kier alpha value is -6.13. The first-order valence-electron chi connectivity index (χ1n) is 19.0. The Morgan fingerprint density at radius 3 is 1.79 bits per heavy atom. The van der Waals surface area contributed by atoms with Crippen LogP contribution in [0.3, 0.4) is 0 Å². The minimum absolute atomic E-state index is 0.620. The van der Waals surface area contributed by atoms with Crippen LogP contribution in [0.1, 0.15) is 50.7 Å². The third kappa shape index (κ3) is 6.46. The number of hydrogen-bond acceptors (Lipinski definition) is 4. The number of fused-ring (bicyclic) bond motifs is 5. The highest BCUT2D eigenvalue weighted by Crippen LogP contribution is 2.37. The van der Waals surface area contributed by atoms with Gasteiger partial charge in [-0.1, -0.05) is 142 Å². The molecule has 9 aromatic rings. The highest BCUT2D eigenvalue weighted by atomic mass is 16.3. The number of hydrogen-bond donors (Lipinski definition) is 0. The molecule has 2 aromatic heterocycles. The van der Waals surface area contributed by atoms with Gasteiger partial charge in [0, 0.05) is 27.5 Å². The summed E-state index contributed by atoms with van der Waals surface area (Å²) in [6.07, 6.45) is 7.01. The van der Waals surface area contributed by atoms with Gasteiger partial charge in [0.2, 0.25) is 0 Å². The van der Waals surface area contributed by atoms with E-state index < -0.39 is 0 Å². The molecule has 0 atom stereocenters. The minimum Gasteiger partial charge on any atom is -0.456 e. The smallest absolute Gasteiger partial charge is 0.164 e. The predicted molar refractivity (Wildman–Crippen MR) is 221 cm³/mol. The number of nitrogens with zero attached hydrogens (tertiary/aromatic N) is 3. The molecule has 0 radical (unpaired) electrons. The van der Waals surface area contributed by atoms with Crippen molar-refractivity contribution in [3.8, 4) is 45.3 Å². The molecule has 0 saturated heterocycles. The van der Waals surface area contributed by atoms with Crippen LogP contribution in [0, 0.1) is 0 Å². The van der Waals surface area contributed by atoms with Crippen LogP contribution in [-0.2, 0) is 12.8 Å². The van der Waals surface area contributed by atoms with E-state index in [0.29, 0.717) is 17.5 Å². The highest BCUT2D eigenvalue weighted by Gasteiger charge is 2.18. The molecule has 4 heteroatoms. The lowest BCUT2D eigenvalue weighted by Crippen LogP contribution is -2.00. The Bertz CT molecular complexity index is 2760. The number of benzene rings is 7. The molecule has 9 rings (SSSR count). The molecule has 0 saturated carbocycles. The van der Waals surface area contributed by atoms with Gasteiger partial charge in [0.15, 0.2) is 17.5 Å². The van der Waals surface area contributed by atoms with Crippen molar-refractivity contribution < 1.29 is 4.42 Å². The fourth-order valence-corrected chi connectivity index (χ4v) is 7.51. The molecule has 0 bridgehead atoms. The standard InChI is InChI=1S/C49H41N3O/c1-3-5-10-32-17-19-39-30-40(27-26-37(39)28-32)48-50-47(51-49(52-48)43-13-9-15-45-46(43)42-12-7-8-14-44(42)53-45)36-23-20-34(21-24-36)38-25-22-35-18-16-33(11-6-4-2)29-41(35)31-38/h7-9,12-31H,3-6,10-11H2,1-2H3. The van der Waals surface area contributed by atoms with E-state index in [-0.39, 0.29) is 0 Å². The Kier molecular flexibility index (Phi) is 8.73. The summed E-state index contributed by atoms with van der Waals surface area (Å²) in [5, 5.41) is 7.00. The van der Waals surface area contributed by atoms with Crippen LogP contribution in [0.25, 0.3) is 88.8 Å². The summed E-state index contributed by atoms with van der Waals surface area (Å²) in [7, 11) is 0. The number of aromatic nitrogens is 3. The average molecular weight is 688 g/mol. The van der Waals surface area contributed by atoms with E-state index in [9.17, 15) is 0 Å². The van der Waals surface area contributed by atoms with Crippen molar-refractivity contribution in [1.82, 2.24) is 15.0 Å². The maximum Gasteiger partial charge on any atom is 0.164 e. The van der Waals surface area contributed by atoms with Crippen molar-refractivity contribution >= 4 is 43.5 Å². The lowest BCUT2D eigenvalue weighted by atomic mass is 9.98. The molecule has 0 aliphatic rings. The molecule has 0 fully saturated rings. The molecular formula is C49H41N3O. The van der Waals surface area contributed by atoms with Gasteiger partial charge in [-0.2, -0.15) is 0 Å². The Morgan fingerprint density at radius 2 is 1.00 bits per heavy atom. The van der Waals surface area contributed by atoms with Crippen LogP contribution in [0.15, 0.2) is 144 Å². The Balaban J connectivity index is 1.14. The van der Waals surface area contributed by atoms with Gasteiger partial charge >= 0.3 is 0 Å². The largest absolute Gasteiger partial charge is 0.456 e. The molecule has 258 valence electrons. The molecule has 53 heavy (non-hydrogen) atoms. The third-order valence-electron chi connectivity index (χ3n) is 10.5. The van der Waals surface area contributed by atoms with Gasteiger partial charge in [0.05, 0.1) is 0 Å². The van der Waals surface area contributed by atoms with Crippen molar-refractivity contribution in [2.75, 3.05) is 0 Å². The number of unbranched alkanes of at least 4 members (excludes halogenated alkanes) is 2. The summed E-state index contributed by atoms with van der Waals surface area (Å²) in [4.78, 5) is 15.4. The average Bonchev–Trinajstić information content (AvgIpc) is 3.60. The second-order valence-corrected chi connectivity index (χ2v) is 14.2. The molecule has 4 nitrogen and oxygen atoms in total. The monoisotopic (exact) mass is 687 g/mol. The highest BCUT2D eigenvalue weighted by molar-refractivity contribution is 6.11. The van der Waals surface area contributed by atoms with E-state index >= 15 is 0 Å². The second kappa shape index (κ2) is 14.1. The summed E-state index contributed by atoms with van der Waals surface area (Å²) in [6.45, 7) is 4.48. The summed E-state index contributed by atoms with van der Waals surface area (Å²) in [5.41, 5.74) is 9.60. The third-order valence-corrected chi connectivity index (χ3v) is 10.5. The molecule has 2 heterocycles. The van der Waals surface area contributed by atoms with Gasteiger partial charge in [-0.05, 0) is 93.7 Å². The molecule has 0 N–H and O–H groups in total. The van der Waals surface area contributed by atoms with E-state index in [0.717, 1.165) is 57.0 Å². The van der Waals surface area contributed by atoms with Gasteiger partial charge < -0.3 is 4.42 Å². The number of aryl methyl sites for hydroxylation is 2. The normalized spacial score (nSPS) is 11.7. The first kappa shape index (κ1) is 32.8. The van der Waals surface area contributed by atoms with Crippen molar-refractivity contribution in [1.29, 1.82) is 0 Å². The zero-order valence-corrected chi connectivity index (χ0v) is 30.3. The lowest BCUT2D eigenvalue weighted by molar-refractivity contribution is 0.669. The van der Waals surface area contributed by atoms with Gasteiger partial charge in [0.1, 0.15) is 11.2 Å². The summed E-state index contributed by atoms with van der Waals surface area (Å²) < 4.78 is 6.26. The molecule has 0 unspecified atom stereocenters. The lowest BCUT2D eigenvalue weighted by Gasteiger charge is -2.11. The topological polar surface area (TPSA) is 51.8 Å². The minimum atomic E-state index is 0.620. The predicted octanol–water partition coefficient (Wildman–Crippen LogP) is 13.4. The van der Waals surface area contributed by atoms with E-state index in [1.165, 1.54) is 63.9 Å². The Labute approximate surface area is 310 Å². The van der Waals surface area contributed by atoms with E-state index in [4.69, 9.17) is 19.4 Å². The van der Waals surface area contributed by atoms with Crippen LogP contribution in [0.4, 0.5) is 0 Å². The van der Waals surface area contributed by atoms with Gasteiger partial charge in [-0.25, -0.2) is 15.0 Å². The Morgan fingerprint density at radius 1 is 0.434 bits per heavy atom. The van der Waals surface area contributed by atoms with Gasteiger partial charge in [-0.15, -0.1) is 0 Å². The molecular weight excluding hydrogens is 647 g/mol. The first-order chi connectivity index (χ1) is 26.1. The molecule has 0 spiro atoms. The van der Waals surface area contributed by atoms with Crippen LogP contribution < -0.4 is 0 Å². The van der Waals surface area contributed by atoms with Crippen molar-refractivity contribution in [2.45, 2.75) is 52.4 Å². The van der Waals surface area contributed by atoms with Gasteiger partial charge in [-0.3, -0.25) is 0 Å². The first-order valence-corrected chi connectivity index (χ1v) is 19.0. The zero-order chi connectivity index (χ0) is 35.7. The van der Waals surface area contributed by atoms with E-state index in [1.54, 1.807) is 0 Å². The van der Waals surface area contributed by atoms with Crippen LogP contribution in [-0.4, -0.2) is 15.0 Å². The second-order valence-electron chi connectivity index (χ2n) is 14.2. The van der Waals surface area contributed by atoms with Crippen LogP contribution in [0.2, 0.25) is 0 Å². The molecule has 0 aliphatic heterocycles. The number of rotatable bonds is 10. The van der Waals surface area contributed by atoms with Crippen LogP contribution in [0.5, 0.6) is 0 Å². The molecule has 7 aromatic carbocycles. The zero-order valence-electron chi connectivity index (χ0n) is 30.3. The van der Waals surface area contributed by atoms with E-state index in [2.05, 4.69) is 123 Å². The SMILES string of the molecule is CCCCc1ccc2cc(-c3nc(-c4ccc(-c5ccc6ccc(CCCC)cc6c5)cc4)nc(-c4cccc5oc6ccccc6c45)n3)ccc2c1. The number of furan rings is 1. The van der Waals surface area contributed by atoms with Crippen molar-refractivity contribution in [3.05, 3.63) is 151 Å². The molecule has 0 aliphatic carbocycles. The van der Waals surface area contributed by atoms with Crippen LogP contribution >= 0.6 is 0 Å². The maximum atomic E-state index is 6.26. The number of para-hydroxylation sites is 1. The van der Waals surface area contributed by atoms with E-state index in [1.807, 2.05) is 30.3 Å². The van der Waals surface area contributed by atoms with Gasteiger partial charge in [0.25, 0.3) is 0 Å². The van der Waals surface area contributed by atoms with Crippen molar-refractivity contribution in [3.63, 3.8) is 0 Å². The molecule has 0 amide bonds. The summed E-state index contributed by atoms with van der Waals surface area (Å²) >= 11 is 0. The summed E-state index contributed by atoms with van der Waals surface area (Å²) in [5.74, 6) is 1.90. The van der Waals surface area contributed by atoms with Crippen molar-refractivity contribution in [2.24, 2.45) is 0 Å². The fourth-order valence-electron chi connectivity index (χ4n) is 7.51. The maximum absolute atomic E-state index is 6.26. The fraction of sp³-hybridized carbons (Fsp3) is 0.163.